The van der Waals surface area contributed by atoms with Crippen LogP contribution < -0.4 is 5.32 Å². The number of hydrogen-bond acceptors (Lipinski definition) is 4. The number of aliphatic hydroxyl groups is 3. The third kappa shape index (κ3) is 37.2. The summed E-state index contributed by atoms with van der Waals surface area (Å²) in [6.45, 7) is 4.18. The molecule has 1 amide bonds. The Hall–Kier alpha value is -0.910. The molecule has 0 heterocycles. The minimum atomic E-state index is -1.14. The van der Waals surface area contributed by atoms with E-state index in [1.165, 1.54) is 180 Å². The van der Waals surface area contributed by atoms with Gasteiger partial charge in [0.05, 0.1) is 18.8 Å². The molecule has 3 atom stereocenters. The second-order valence-corrected chi connectivity index (χ2v) is 16.0. The van der Waals surface area contributed by atoms with Gasteiger partial charge < -0.3 is 20.6 Å². The van der Waals surface area contributed by atoms with Crippen LogP contribution in [0.3, 0.4) is 0 Å². The molecule has 0 aromatic heterocycles. The van der Waals surface area contributed by atoms with Crippen LogP contribution in [-0.4, -0.2) is 46.1 Å². The molecule has 51 heavy (non-hydrogen) atoms. The lowest BCUT2D eigenvalue weighted by Gasteiger charge is -2.26. The van der Waals surface area contributed by atoms with Crippen LogP contribution in [0.4, 0.5) is 0 Å². The third-order valence-corrected chi connectivity index (χ3v) is 10.9. The average Bonchev–Trinajstić information content (AvgIpc) is 3.13. The summed E-state index contributed by atoms with van der Waals surface area (Å²) < 4.78 is 0. The molecule has 0 aliphatic heterocycles. The minimum absolute atomic E-state index is 0.159. The zero-order valence-corrected chi connectivity index (χ0v) is 34.5. The summed E-state index contributed by atoms with van der Waals surface area (Å²) in [6.07, 6.45) is 49.0. The van der Waals surface area contributed by atoms with Crippen LogP contribution in [-0.2, 0) is 4.79 Å². The summed E-state index contributed by atoms with van der Waals surface area (Å²) in [5.74, 6) is -0.159. The molecule has 5 heteroatoms. The number of aliphatic hydroxyl groups excluding tert-OH is 3. The van der Waals surface area contributed by atoms with E-state index in [2.05, 4.69) is 31.3 Å². The first kappa shape index (κ1) is 50.1. The zero-order valence-electron chi connectivity index (χ0n) is 34.5. The van der Waals surface area contributed by atoms with Gasteiger partial charge in [0.1, 0.15) is 6.10 Å². The number of allylic oxidation sites excluding steroid dienone is 2. The molecule has 0 radical (unpaired) electrons. The quantitative estimate of drug-likeness (QED) is 0.0373. The fourth-order valence-corrected chi connectivity index (χ4v) is 7.28. The Morgan fingerprint density at radius 2 is 0.784 bits per heavy atom. The second kappa shape index (κ2) is 41.8. The van der Waals surface area contributed by atoms with Gasteiger partial charge in [-0.25, -0.2) is 0 Å². The van der Waals surface area contributed by atoms with Crippen molar-refractivity contribution in [2.75, 3.05) is 6.61 Å². The molecule has 0 saturated heterocycles. The largest absolute Gasteiger partial charge is 0.394 e. The van der Waals surface area contributed by atoms with E-state index >= 15 is 0 Å². The van der Waals surface area contributed by atoms with Crippen molar-refractivity contribution >= 4 is 5.91 Å². The van der Waals surface area contributed by atoms with Gasteiger partial charge in [-0.2, -0.15) is 0 Å². The maximum Gasteiger partial charge on any atom is 0.220 e. The van der Waals surface area contributed by atoms with E-state index in [1.54, 1.807) is 0 Å². The highest BCUT2D eigenvalue weighted by Crippen LogP contribution is 2.17. The Morgan fingerprint density at radius 3 is 1.14 bits per heavy atom. The van der Waals surface area contributed by atoms with Gasteiger partial charge in [0.15, 0.2) is 0 Å². The first-order chi connectivity index (χ1) is 25.1. The summed E-state index contributed by atoms with van der Waals surface area (Å²) in [6, 6.07) is -0.813. The lowest BCUT2D eigenvalue weighted by Crippen LogP contribution is -2.50. The van der Waals surface area contributed by atoms with Crippen molar-refractivity contribution in [1.29, 1.82) is 0 Å². The van der Waals surface area contributed by atoms with Gasteiger partial charge in [-0.15, -0.1) is 0 Å². The fraction of sp³-hybridized carbons (Fsp3) is 0.935. The summed E-state index contributed by atoms with van der Waals surface area (Å²) in [7, 11) is 0. The number of amides is 1. The van der Waals surface area contributed by atoms with Crippen molar-refractivity contribution < 1.29 is 20.1 Å². The summed E-state index contributed by atoms with van der Waals surface area (Å²) in [5.41, 5.74) is 0. The van der Waals surface area contributed by atoms with Crippen molar-refractivity contribution in [2.24, 2.45) is 0 Å². The topological polar surface area (TPSA) is 89.8 Å². The van der Waals surface area contributed by atoms with Crippen LogP contribution >= 0.6 is 0 Å². The smallest absolute Gasteiger partial charge is 0.220 e. The lowest BCUT2D eigenvalue weighted by atomic mass is 9.99. The van der Waals surface area contributed by atoms with E-state index < -0.39 is 18.2 Å². The normalized spacial score (nSPS) is 13.6. The molecule has 5 nitrogen and oxygen atoms in total. The molecule has 0 bridgehead atoms. The van der Waals surface area contributed by atoms with Crippen molar-refractivity contribution in [2.45, 2.75) is 270 Å². The Balaban J connectivity index is 3.56. The van der Waals surface area contributed by atoms with Crippen LogP contribution in [0.15, 0.2) is 12.2 Å². The summed E-state index contributed by atoms with van der Waals surface area (Å²) >= 11 is 0. The highest BCUT2D eigenvalue weighted by atomic mass is 16.3. The van der Waals surface area contributed by atoms with E-state index in [0.717, 1.165) is 44.9 Å². The lowest BCUT2D eigenvalue weighted by molar-refractivity contribution is -0.124. The molecule has 0 aromatic carbocycles. The average molecular weight is 722 g/mol. The highest BCUT2D eigenvalue weighted by Gasteiger charge is 2.26. The van der Waals surface area contributed by atoms with E-state index in [0.29, 0.717) is 12.8 Å². The Labute approximate surface area is 319 Å². The van der Waals surface area contributed by atoms with Gasteiger partial charge in [0.2, 0.25) is 5.91 Å². The Bertz CT molecular complexity index is 713. The number of unbranched alkanes of at least 4 members (excludes halogenated alkanes) is 32. The molecule has 0 fully saturated rings. The molecule has 3 unspecified atom stereocenters. The molecule has 0 spiro atoms. The monoisotopic (exact) mass is 722 g/mol. The van der Waals surface area contributed by atoms with Gasteiger partial charge in [-0.1, -0.05) is 219 Å². The number of nitrogens with one attached hydrogen (secondary N) is 1. The molecule has 0 aromatic rings. The molecule has 4 N–H and O–H groups in total. The van der Waals surface area contributed by atoms with E-state index in [9.17, 15) is 20.1 Å². The standard InChI is InChI=1S/C46H91NO4/c1-3-5-7-9-11-13-15-17-18-19-20-21-22-23-24-25-26-27-29-30-32-34-36-38-40-44(49)46(51)43(42-48)47-45(50)41-39-37-35-33-31-28-16-14-12-10-8-6-4-2/h28,31,43-44,46,48-49,51H,3-27,29-30,32-42H2,1-2H3,(H,47,50)/b31-28-. The molecule has 304 valence electrons. The summed E-state index contributed by atoms with van der Waals surface area (Å²) in [4.78, 5) is 12.4. The predicted molar refractivity (Wildman–Crippen MR) is 222 cm³/mol. The number of carbonyl (C=O) groups excluding carboxylic acids is 1. The number of carbonyl (C=O) groups is 1. The van der Waals surface area contributed by atoms with Crippen LogP contribution in [0, 0.1) is 0 Å². The first-order valence-corrected chi connectivity index (χ1v) is 23.0. The minimum Gasteiger partial charge on any atom is -0.394 e. The third-order valence-electron chi connectivity index (χ3n) is 10.9. The van der Waals surface area contributed by atoms with Crippen molar-refractivity contribution in [3.63, 3.8) is 0 Å². The second-order valence-electron chi connectivity index (χ2n) is 16.0. The molecule has 0 saturated carbocycles. The molecular weight excluding hydrogens is 631 g/mol. The van der Waals surface area contributed by atoms with Crippen LogP contribution in [0.5, 0.6) is 0 Å². The zero-order chi connectivity index (χ0) is 37.3. The van der Waals surface area contributed by atoms with Gasteiger partial charge in [0.25, 0.3) is 0 Å². The van der Waals surface area contributed by atoms with Gasteiger partial charge >= 0.3 is 0 Å². The molecule has 0 aliphatic carbocycles. The van der Waals surface area contributed by atoms with E-state index in [1.807, 2.05) is 0 Å². The van der Waals surface area contributed by atoms with E-state index in [-0.39, 0.29) is 12.5 Å². The van der Waals surface area contributed by atoms with Gasteiger partial charge in [-0.05, 0) is 38.5 Å². The fourth-order valence-electron chi connectivity index (χ4n) is 7.28. The van der Waals surface area contributed by atoms with Crippen LogP contribution in [0.25, 0.3) is 0 Å². The van der Waals surface area contributed by atoms with Crippen molar-refractivity contribution in [1.82, 2.24) is 5.32 Å². The van der Waals surface area contributed by atoms with Crippen molar-refractivity contribution in [3.05, 3.63) is 12.2 Å². The Kier molecular flexibility index (Phi) is 41.1. The maximum atomic E-state index is 12.4. The Morgan fingerprint density at radius 1 is 0.471 bits per heavy atom. The summed E-state index contributed by atoms with van der Waals surface area (Å²) in [5, 5.41) is 33.5. The molecular formula is C46H91NO4. The predicted octanol–water partition coefficient (Wildman–Crippen LogP) is 13.2. The van der Waals surface area contributed by atoms with E-state index in [4.69, 9.17) is 0 Å². The SMILES string of the molecule is CCCCCCCC/C=C\CCCCCC(=O)NC(CO)C(O)C(O)CCCCCCCCCCCCCCCCCCCCCCCCCC. The van der Waals surface area contributed by atoms with Gasteiger partial charge in [-0.3, -0.25) is 4.79 Å². The maximum absolute atomic E-state index is 12.4. The highest BCUT2D eigenvalue weighted by molar-refractivity contribution is 5.76. The number of rotatable bonds is 42. The van der Waals surface area contributed by atoms with Crippen molar-refractivity contribution in [3.8, 4) is 0 Å². The van der Waals surface area contributed by atoms with Crippen LogP contribution in [0.1, 0.15) is 251 Å². The first-order valence-electron chi connectivity index (χ1n) is 23.0. The number of hydrogen-bond donors (Lipinski definition) is 4. The molecule has 0 rings (SSSR count). The van der Waals surface area contributed by atoms with Gasteiger partial charge in [0, 0.05) is 6.42 Å². The molecule has 0 aliphatic rings. The van der Waals surface area contributed by atoms with Crippen LogP contribution in [0.2, 0.25) is 0 Å².